The molecule has 0 amide bonds. The van der Waals surface area contributed by atoms with Crippen molar-refractivity contribution in [1.82, 2.24) is 19.2 Å². The number of rotatable bonds is 8. The minimum absolute atomic E-state index is 0.00478. The second-order valence-corrected chi connectivity index (χ2v) is 11.4. The van der Waals surface area contributed by atoms with Gasteiger partial charge in [-0.05, 0) is 37.1 Å². The van der Waals surface area contributed by atoms with E-state index >= 15 is 0 Å². The fraction of sp³-hybridized carbons (Fsp3) is 0.600. The minimum Gasteiger partial charge on any atom is -0.340 e. The average molecular weight is 471 g/mol. The quantitative estimate of drug-likeness (QED) is 0.589. The van der Waals surface area contributed by atoms with E-state index in [-0.39, 0.29) is 9.79 Å². The number of nitrogens with one attached hydrogen (secondary N) is 1. The fourth-order valence-electron chi connectivity index (χ4n) is 4.02. The van der Waals surface area contributed by atoms with E-state index in [0.717, 1.165) is 25.7 Å². The molecule has 0 saturated heterocycles. The molecule has 1 saturated carbocycles. The van der Waals surface area contributed by atoms with Crippen LogP contribution >= 0.6 is 0 Å². The zero-order valence-corrected chi connectivity index (χ0v) is 19.8. The summed E-state index contributed by atoms with van der Waals surface area (Å²) < 4.78 is 61.1. The zero-order chi connectivity index (χ0) is 22.7. The van der Waals surface area contributed by atoms with Crippen LogP contribution in [0.3, 0.4) is 0 Å². The minimum atomic E-state index is -3.95. The summed E-state index contributed by atoms with van der Waals surface area (Å²) in [6.45, 7) is 5.87. The lowest BCUT2D eigenvalue weighted by atomic mass is 9.91. The van der Waals surface area contributed by atoms with E-state index in [4.69, 9.17) is 4.52 Å². The summed E-state index contributed by atoms with van der Waals surface area (Å²) in [6, 6.07) is 5.32. The zero-order valence-electron chi connectivity index (χ0n) is 18.2. The predicted molar refractivity (Wildman–Crippen MR) is 115 cm³/mol. The molecule has 1 aromatic carbocycles. The van der Waals surface area contributed by atoms with Crippen LogP contribution in [0.4, 0.5) is 0 Å². The third kappa shape index (κ3) is 5.00. The van der Waals surface area contributed by atoms with Crippen LogP contribution in [0.1, 0.15) is 64.1 Å². The Balaban J connectivity index is 1.93. The monoisotopic (exact) mass is 470 g/mol. The lowest BCUT2D eigenvalue weighted by Gasteiger charge is -2.30. The van der Waals surface area contributed by atoms with E-state index in [1.807, 2.05) is 0 Å². The van der Waals surface area contributed by atoms with Crippen LogP contribution in [0, 0.1) is 6.92 Å². The van der Waals surface area contributed by atoms with Crippen molar-refractivity contribution in [3.05, 3.63) is 36.0 Å². The Labute approximate surface area is 184 Å². The molecule has 0 unspecified atom stereocenters. The molecule has 2 aromatic rings. The van der Waals surface area contributed by atoms with E-state index in [1.165, 1.54) is 28.6 Å². The standard InChI is InChI=1S/C20H30N4O5S2/c1-4-24(5-2)31(27,28)18-12-10-17(11-13-18)30(25,26)23-20(14-8-6-7-9-15-20)19-21-16(3)29-22-19/h10-13,23H,4-9,14-15H2,1-3H3. The van der Waals surface area contributed by atoms with Crippen molar-refractivity contribution in [3.8, 4) is 0 Å². The van der Waals surface area contributed by atoms with Crippen LogP contribution < -0.4 is 4.72 Å². The van der Waals surface area contributed by atoms with Gasteiger partial charge in [-0.25, -0.2) is 16.8 Å². The molecule has 11 heteroatoms. The first-order valence-electron chi connectivity index (χ1n) is 10.6. The first-order valence-corrected chi connectivity index (χ1v) is 13.5. The van der Waals surface area contributed by atoms with Crippen LogP contribution in [-0.2, 0) is 25.6 Å². The van der Waals surface area contributed by atoms with E-state index in [1.54, 1.807) is 20.8 Å². The molecule has 31 heavy (non-hydrogen) atoms. The lowest BCUT2D eigenvalue weighted by molar-refractivity contribution is 0.301. The maximum atomic E-state index is 13.2. The maximum absolute atomic E-state index is 13.2. The molecule has 1 aliphatic rings. The summed E-state index contributed by atoms with van der Waals surface area (Å²) in [5, 5.41) is 4.02. The molecule has 0 atom stereocenters. The highest BCUT2D eigenvalue weighted by molar-refractivity contribution is 7.89. The number of aromatic nitrogens is 2. The molecule has 9 nitrogen and oxygen atoms in total. The van der Waals surface area contributed by atoms with E-state index < -0.39 is 25.6 Å². The number of hydrogen-bond donors (Lipinski definition) is 1. The molecule has 0 bridgehead atoms. The predicted octanol–water partition coefficient (Wildman–Crippen LogP) is 2.94. The van der Waals surface area contributed by atoms with Gasteiger partial charge >= 0.3 is 0 Å². The van der Waals surface area contributed by atoms with Gasteiger partial charge in [-0.15, -0.1) is 0 Å². The molecule has 0 spiro atoms. The molecular formula is C20H30N4O5S2. The van der Waals surface area contributed by atoms with Crippen molar-refractivity contribution in [2.75, 3.05) is 13.1 Å². The van der Waals surface area contributed by atoms with Gasteiger partial charge in [0.05, 0.1) is 15.3 Å². The van der Waals surface area contributed by atoms with Crippen LogP contribution in [0.2, 0.25) is 0 Å². The van der Waals surface area contributed by atoms with Gasteiger partial charge in [-0.2, -0.15) is 14.0 Å². The highest BCUT2D eigenvalue weighted by Gasteiger charge is 2.41. The second kappa shape index (κ2) is 9.35. The molecule has 172 valence electrons. The number of hydrogen-bond acceptors (Lipinski definition) is 7. The number of sulfonamides is 2. The summed E-state index contributed by atoms with van der Waals surface area (Å²) in [7, 11) is -7.61. The van der Waals surface area contributed by atoms with Gasteiger partial charge < -0.3 is 4.52 Å². The SMILES string of the molecule is CCN(CC)S(=O)(=O)c1ccc(S(=O)(=O)NC2(c3noc(C)n3)CCCCCC2)cc1. The van der Waals surface area contributed by atoms with Crippen molar-refractivity contribution in [1.29, 1.82) is 0 Å². The van der Waals surface area contributed by atoms with Crippen LogP contribution in [-0.4, -0.2) is 44.4 Å². The average Bonchev–Trinajstić information content (AvgIpc) is 3.04. The molecule has 1 N–H and O–H groups in total. The second-order valence-electron chi connectivity index (χ2n) is 7.80. The van der Waals surface area contributed by atoms with Crippen molar-refractivity contribution >= 4 is 20.0 Å². The van der Waals surface area contributed by atoms with Gasteiger partial charge in [0.15, 0.2) is 5.82 Å². The summed E-state index contributed by atoms with van der Waals surface area (Å²) >= 11 is 0. The molecular weight excluding hydrogens is 440 g/mol. The molecule has 1 heterocycles. The Hall–Kier alpha value is -1.82. The number of benzene rings is 1. The van der Waals surface area contributed by atoms with Crippen molar-refractivity contribution in [2.24, 2.45) is 0 Å². The third-order valence-electron chi connectivity index (χ3n) is 5.72. The Morgan fingerprint density at radius 1 is 0.968 bits per heavy atom. The normalized spacial score (nSPS) is 17.5. The van der Waals surface area contributed by atoms with E-state index in [2.05, 4.69) is 14.9 Å². The van der Waals surface area contributed by atoms with Crippen LogP contribution in [0.5, 0.6) is 0 Å². The summed E-state index contributed by atoms with van der Waals surface area (Å²) in [6.07, 6.45) is 4.85. The van der Waals surface area contributed by atoms with Crippen molar-refractivity contribution in [3.63, 3.8) is 0 Å². The summed E-state index contributed by atoms with van der Waals surface area (Å²) in [5.74, 6) is 0.722. The highest BCUT2D eigenvalue weighted by Crippen LogP contribution is 2.36. The maximum Gasteiger partial charge on any atom is 0.243 e. The Kier molecular flexibility index (Phi) is 7.19. The van der Waals surface area contributed by atoms with Crippen molar-refractivity contribution < 1.29 is 21.4 Å². The third-order valence-corrected chi connectivity index (χ3v) is 9.34. The smallest absolute Gasteiger partial charge is 0.243 e. The summed E-state index contributed by atoms with van der Waals surface area (Å²) in [4.78, 5) is 4.38. The largest absolute Gasteiger partial charge is 0.340 e. The molecule has 1 fully saturated rings. The first kappa shape index (κ1) is 23.8. The van der Waals surface area contributed by atoms with E-state index in [9.17, 15) is 16.8 Å². The van der Waals surface area contributed by atoms with Gasteiger partial charge in [0.1, 0.15) is 0 Å². The van der Waals surface area contributed by atoms with Crippen molar-refractivity contribution in [2.45, 2.75) is 74.6 Å². The van der Waals surface area contributed by atoms with Gasteiger partial charge in [-0.3, -0.25) is 0 Å². The molecule has 3 rings (SSSR count). The van der Waals surface area contributed by atoms with Gasteiger partial charge in [-0.1, -0.05) is 44.7 Å². The van der Waals surface area contributed by atoms with Gasteiger partial charge in [0.25, 0.3) is 0 Å². The van der Waals surface area contributed by atoms with Gasteiger partial charge in [0.2, 0.25) is 25.9 Å². The Morgan fingerprint density at radius 2 is 1.52 bits per heavy atom. The van der Waals surface area contributed by atoms with Crippen LogP contribution in [0.25, 0.3) is 0 Å². The molecule has 1 aliphatic carbocycles. The molecule has 1 aromatic heterocycles. The van der Waals surface area contributed by atoms with E-state index in [0.29, 0.717) is 37.6 Å². The summed E-state index contributed by atoms with van der Waals surface area (Å²) in [5.41, 5.74) is -0.945. The Morgan fingerprint density at radius 3 is 2.00 bits per heavy atom. The fourth-order valence-corrected chi connectivity index (χ4v) is 6.90. The molecule has 0 aliphatic heterocycles. The van der Waals surface area contributed by atoms with Gasteiger partial charge in [0, 0.05) is 20.0 Å². The Bertz CT molecular complexity index is 1080. The first-order chi connectivity index (χ1) is 14.6. The number of aryl methyl sites for hydroxylation is 1. The van der Waals surface area contributed by atoms with Crippen LogP contribution in [0.15, 0.2) is 38.6 Å². The lowest BCUT2D eigenvalue weighted by Crippen LogP contribution is -2.46. The topological polar surface area (TPSA) is 122 Å². The highest BCUT2D eigenvalue weighted by atomic mass is 32.2. The molecule has 0 radical (unpaired) electrons. The number of nitrogens with zero attached hydrogens (tertiary/aromatic N) is 3.